The number of carbonyl (C=O) groups is 1. The molecule has 0 N–H and O–H groups in total. The second-order valence-corrected chi connectivity index (χ2v) is 6.22. The Kier molecular flexibility index (Phi) is 4.88. The lowest BCUT2D eigenvalue weighted by atomic mass is 10.1. The van der Waals surface area contributed by atoms with Crippen molar-refractivity contribution in [2.75, 3.05) is 31.2 Å². The van der Waals surface area contributed by atoms with E-state index in [2.05, 4.69) is 20.3 Å². The minimum Gasteiger partial charge on any atom is -0.378 e. The van der Waals surface area contributed by atoms with E-state index in [-0.39, 0.29) is 18.1 Å². The van der Waals surface area contributed by atoms with Crippen LogP contribution in [0.3, 0.4) is 0 Å². The van der Waals surface area contributed by atoms with E-state index in [4.69, 9.17) is 4.74 Å². The molecule has 0 aliphatic carbocycles. The van der Waals surface area contributed by atoms with Crippen molar-refractivity contribution in [3.8, 4) is 11.4 Å². The van der Waals surface area contributed by atoms with Crippen molar-refractivity contribution >= 4 is 11.5 Å². The van der Waals surface area contributed by atoms with Crippen LogP contribution in [0.2, 0.25) is 0 Å². The fourth-order valence-corrected chi connectivity index (χ4v) is 2.92. The molecule has 1 saturated heterocycles. The third-order valence-electron chi connectivity index (χ3n) is 4.41. The molecule has 3 aromatic rings. The van der Waals surface area contributed by atoms with Crippen molar-refractivity contribution < 1.29 is 13.9 Å². The maximum Gasteiger partial charge on any atom is 0.204 e. The van der Waals surface area contributed by atoms with E-state index in [0.717, 1.165) is 37.6 Å². The summed E-state index contributed by atoms with van der Waals surface area (Å²) < 4.78 is 18.3. The van der Waals surface area contributed by atoms with Crippen molar-refractivity contribution in [3.63, 3.8) is 0 Å². The standard InChI is InChI=1S/C19H18FN5O2/c20-16-5-1-14(2-6-16)18(26)13-25-22-19(21-23-25)15-3-7-17(8-4-15)24-9-11-27-12-10-24/h1-8H,9-13H2. The smallest absolute Gasteiger partial charge is 0.204 e. The number of halogens is 1. The summed E-state index contributed by atoms with van der Waals surface area (Å²) in [6.45, 7) is 3.17. The molecule has 2 heterocycles. The predicted molar refractivity (Wildman–Crippen MR) is 97.0 cm³/mol. The van der Waals surface area contributed by atoms with Crippen LogP contribution < -0.4 is 4.90 Å². The lowest BCUT2D eigenvalue weighted by Crippen LogP contribution is -2.36. The third kappa shape index (κ3) is 4.01. The molecule has 7 nitrogen and oxygen atoms in total. The molecule has 0 saturated carbocycles. The molecule has 8 heteroatoms. The number of hydrogen-bond acceptors (Lipinski definition) is 6. The Balaban J connectivity index is 1.44. The van der Waals surface area contributed by atoms with E-state index < -0.39 is 0 Å². The monoisotopic (exact) mass is 367 g/mol. The molecule has 138 valence electrons. The number of rotatable bonds is 5. The molecule has 1 aromatic heterocycles. The van der Waals surface area contributed by atoms with Crippen molar-refractivity contribution in [1.29, 1.82) is 0 Å². The molecule has 1 aliphatic rings. The number of hydrogen-bond donors (Lipinski definition) is 0. The van der Waals surface area contributed by atoms with Gasteiger partial charge in [-0.1, -0.05) is 0 Å². The average molecular weight is 367 g/mol. The van der Waals surface area contributed by atoms with E-state index in [9.17, 15) is 9.18 Å². The summed E-state index contributed by atoms with van der Waals surface area (Å²) in [5.74, 6) is -0.134. The topological polar surface area (TPSA) is 73.1 Å². The molecule has 0 spiro atoms. The number of Topliss-reactive ketones (excluding diaryl/α,β-unsaturated/α-hetero) is 1. The zero-order valence-electron chi connectivity index (χ0n) is 14.6. The van der Waals surface area contributed by atoms with E-state index in [0.29, 0.717) is 11.4 Å². The molecule has 0 bridgehead atoms. The number of benzene rings is 2. The third-order valence-corrected chi connectivity index (χ3v) is 4.41. The highest BCUT2D eigenvalue weighted by Crippen LogP contribution is 2.21. The van der Waals surface area contributed by atoms with Gasteiger partial charge >= 0.3 is 0 Å². The Labute approximate surface area is 155 Å². The van der Waals surface area contributed by atoms with Crippen LogP contribution in [0.5, 0.6) is 0 Å². The van der Waals surface area contributed by atoms with Gasteiger partial charge in [-0.15, -0.1) is 10.2 Å². The number of aromatic nitrogens is 4. The first-order valence-electron chi connectivity index (χ1n) is 8.69. The van der Waals surface area contributed by atoms with Gasteiger partial charge in [0.05, 0.1) is 13.2 Å². The Bertz CT molecular complexity index is 918. The summed E-state index contributed by atoms with van der Waals surface area (Å²) >= 11 is 0. The summed E-state index contributed by atoms with van der Waals surface area (Å²) in [6, 6.07) is 13.3. The molecule has 0 atom stereocenters. The summed E-state index contributed by atoms with van der Waals surface area (Å²) in [4.78, 5) is 15.7. The second kappa shape index (κ2) is 7.63. The molecule has 27 heavy (non-hydrogen) atoms. The first kappa shape index (κ1) is 17.3. The Morgan fingerprint density at radius 2 is 1.74 bits per heavy atom. The second-order valence-electron chi connectivity index (χ2n) is 6.22. The largest absolute Gasteiger partial charge is 0.378 e. The van der Waals surface area contributed by atoms with Gasteiger partial charge in [-0.05, 0) is 53.7 Å². The molecule has 0 unspecified atom stereocenters. The van der Waals surface area contributed by atoms with E-state index >= 15 is 0 Å². The van der Waals surface area contributed by atoms with Crippen LogP contribution in [0, 0.1) is 5.82 Å². The van der Waals surface area contributed by atoms with Crippen molar-refractivity contribution in [2.24, 2.45) is 0 Å². The zero-order chi connectivity index (χ0) is 18.6. The number of ether oxygens (including phenoxy) is 1. The minimum atomic E-state index is -0.381. The quantitative estimate of drug-likeness (QED) is 0.644. The Hall–Kier alpha value is -3.13. The normalized spacial score (nSPS) is 14.3. The average Bonchev–Trinajstić information content (AvgIpc) is 3.18. The Morgan fingerprint density at radius 3 is 2.44 bits per heavy atom. The molecule has 2 aromatic carbocycles. The number of morpholine rings is 1. The van der Waals surface area contributed by atoms with Gasteiger partial charge in [0.25, 0.3) is 0 Å². The molecule has 0 amide bonds. The van der Waals surface area contributed by atoms with Crippen LogP contribution in [0.25, 0.3) is 11.4 Å². The summed E-state index contributed by atoms with van der Waals surface area (Å²) in [5, 5.41) is 12.2. The predicted octanol–water partition coefficient (Wildman–Crippen LogP) is 2.20. The van der Waals surface area contributed by atoms with Crippen LogP contribution in [0.1, 0.15) is 10.4 Å². The van der Waals surface area contributed by atoms with Gasteiger partial charge in [-0.25, -0.2) is 4.39 Å². The summed E-state index contributed by atoms with van der Waals surface area (Å²) in [6.07, 6.45) is 0. The molecular formula is C19H18FN5O2. The first-order valence-corrected chi connectivity index (χ1v) is 8.69. The minimum absolute atomic E-state index is 0.0511. The van der Waals surface area contributed by atoms with Gasteiger partial charge in [0, 0.05) is 29.9 Å². The van der Waals surface area contributed by atoms with Crippen LogP contribution >= 0.6 is 0 Å². The maximum absolute atomic E-state index is 13.0. The van der Waals surface area contributed by atoms with Crippen LogP contribution in [0.4, 0.5) is 10.1 Å². The Morgan fingerprint density at radius 1 is 1.04 bits per heavy atom. The lowest BCUT2D eigenvalue weighted by Gasteiger charge is -2.28. The maximum atomic E-state index is 13.0. The highest BCUT2D eigenvalue weighted by molar-refractivity contribution is 5.95. The van der Waals surface area contributed by atoms with Crippen molar-refractivity contribution in [1.82, 2.24) is 20.2 Å². The van der Waals surface area contributed by atoms with Crippen LogP contribution in [0.15, 0.2) is 48.5 Å². The number of anilines is 1. The van der Waals surface area contributed by atoms with Crippen LogP contribution in [-0.2, 0) is 11.3 Å². The lowest BCUT2D eigenvalue weighted by molar-refractivity contribution is 0.0961. The number of nitrogens with zero attached hydrogens (tertiary/aromatic N) is 5. The van der Waals surface area contributed by atoms with E-state index in [1.807, 2.05) is 24.3 Å². The summed E-state index contributed by atoms with van der Waals surface area (Å²) in [5.41, 5.74) is 2.36. The summed E-state index contributed by atoms with van der Waals surface area (Å²) in [7, 11) is 0. The fraction of sp³-hybridized carbons (Fsp3) is 0.263. The van der Waals surface area contributed by atoms with Crippen molar-refractivity contribution in [3.05, 3.63) is 59.9 Å². The number of carbonyl (C=O) groups excluding carboxylic acids is 1. The number of ketones is 1. The zero-order valence-corrected chi connectivity index (χ0v) is 14.6. The molecular weight excluding hydrogens is 349 g/mol. The van der Waals surface area contributed by atoms with Gasteiger partial charge in [-0.2, -0.15) is 4.80 Å². The molecule has 1 fully saturated rings. The first-order chi connectivity index (χ1) is 13.2. The van der Waals surface area contributed by atoms with Gasteiger partial charge in [0.2, 0.25) is 5.82 Å². The van der Waals surface area contributed by atoms with E-state index in [1.165, 1.54) is 29.1 Å². The van der Waals surface area contributed by atoms with Gasteiger partial charge in [-0.3, -0.25) is 4.79 Å². The van der Waals surface area contributed by atoms with Gasteiger partial charge in [0.15, 0.2) is 5.78 Å². The highest BCUT2D eigenvalue weighted by Gasteiger charge is 2.13. The fourth-order valence-electron chi connectivity index (χ4n) is 2.92. The van der Waals surface area contributed by atoms with E-state index in [1.54, 1.807) is 0 Å². The molecule has 4 rings (SSSR count). The van der Waals surface area contributed by atoms with Crippen molar-refractivity contribution in [2.45, 2.75) is 6.54 Å². The number of tetrazole rings is 1. The molecule has 1 aliphatic heterocycles. The van der Waals surface area contributed by atoms with Gasteiger partial charge in [0.1, 0.15) is 12.4 Å². The molecule has 0 radical (unpaired) electrons. The van der Waals surface area contributed by atoms with Gasteiger partial charge < -0.3 is 9.64 Å². The SMILES string of the molecule is O=C(Cn1nnc(-c2ccc(N3CCOCC3)cc2)n1)c1ccc(F)cc1. The van der Waals surface area contributed by atoms with Crippen LogP contribution in [-0.4, -0.2) is 52.3 Å². The highest BCUT2D eigenvalue weighted by atomic mass is 19.1.